The molecule has 0 unspecified atom stereocenters. The quantitative estimate of drug-likeness (QED) is 0.508. The number of nitrogens with one attached hydrogen (secondary N) is 2. The highest BCUT2D eigenvalue weighted by atomic mass is 32.2. The molecule has 1 aromatic rings. The van der Waals surface area contributed by atoms with Gasteiger partial charge in [-0.2, -0.15) is 0 Å². The van der Waals surface area contributed by atoms with Crippen molar-refractivity contribution in [2.45, 2.75) is 51.7 Å². The van der Waals surface area contributed by atoms with E-state index in [0.29, 0.717) is 6.54 Å². The first-order valence-corrected chi connectivity index (χ1v) is 10.9. The van der Waals surface area contributed by atoms with E-state index in [1.54, 1.807) is 20.8 Å². The Morgan fingerprint density at radius 2 is 1.69 bits per heavy atom. The number of anilines is 2. The first kappa shape index (κ1) is 20.8. The minimum atomic E-state index is -3.22. The van der Waals surface area contributed by atoms with Crippen LogP contribution in [0.5, 0.6) is 0 Å². The molecule has 0 spiro atoms. The van der Waals surface area contributed by atoms with Gasteiger partial charge in [-0.25, -0.2) is 13.1 Å². The predicted octanol–water partition coefficient (Wildman–Crippen LogP) is 3.67. The molecule has 0 saturated heterocycles. The van der Waals surface area contributed by atoms with E-state index >= 15 is 0 Å². The topological polar surface area (TPSA) is 61.4 Å². The van der Waals surface area contributed by atoms with E-state index in [-0.39, 0.29) is 0 Å². The Hall–Kier alpha value is -1.53. The van der Waals surface area contributed by atoms with Gasteiger partial charge in [-0.05, 0) is 64.3 Å². The van der Waals surface area contributed by atoms with Crippen molar-refractivity contribution >= 4 is 21.4 Å². The highest BCUT2D eigenvalue weighted by Gasteiger charge is 2.27. The highest BCUT2D eigenvalue weighted by Crippen LogP contribution is 2.24. The first-order chi connectivity index (χ1) is 12.2. The van der Waals surface area contributed by atoms with Crippen LogP contribution in [0, 0.1) is 6.92 Å². The summed E-state index contributed by atoms with van der Waals surface area (Å²) in [5.74, 6) is 0. The Morgan fingerprint density at radius 1 is 1.04 bits per heavy atom. The number of unbranched alkanes of at least 4 members (excludes halogenated alkanes) is 2. The molecule has 0 aromatic heterocycles. The van der Waals surface area contributed by atoms with E-state index in [1.807, 2.05) is 0 Å². The average Bonchev–Trinajstić information content (AvgIpc) is 3.08. The van der Waals surface area contributed by atoms with Gasteiger partial charge in [0, 0.05) is 37.6 Å². The molecule has 0 aliphatic carbocycles. The van der Waals surface area contributed by atoms with Gasteiger partial charge in [0.05, 0.1) is 4.75 Å². The Balaban J connectivity index is 1.66. The van der Waals surface area contributed by atoms with Crippen LogP contribution in [0.2, 0.25) is 0 Å². The maximum absolute atomic E-state index is 12.0. The number of nitrogens with zero attached hydrogens (tertiary/aromatic N) is 1. The lowest BCUT2D eigenvalue weighted by Gasteiger charge is -2.20. The van der Waals surface area contributed by atoms with E-state index in [9.17, 15) is 8.42 Å². The van der Waals surface area contributed by atoms with Crippen molar-refractivity contribution in [3.05, 3.63) is 35.9 Å². The molecule has 146 valence electrons. The van der Waals surface area contributed by atoms with E-state index in [2.05, 4.69) is 52.2 Å². The SMILES string of the molecule is Cc1cc(N2CC=CC2)ccc1NCCCCCNS(=O)(=O)C(C)(C)C. The summed E-state index contributed by atoms with van der Waals surface area (Å²) in [6.45, 7) is 10.7. The molecule has 5 nitrogen and oxygen atoms in total. The van der Waals surface area contributed by atoms with Crippen LogP contribution in [0.1, 0.15) is 45.6 Å². The molecule has 1 aliphatic heterocycles. The van der Waals surface area contributed by atoms with Gasteiger partial charge in [0.2, 0.25) is 10.0 Å². The van der Waals surface area contributed by atoms with Gasteiger partial charge in [0.15, 0.2) is 0 Å². The summed E-state index contributed by atoms with van der Waals surface area (Å²) in [6.07, 6.45) is 7.27. The van der Waals surface area contributed by atoms with Crippen molar-refractivity contribution in [3.8, 4) is 0 Å². The van der Waals surface area contributed by atoms with Crippen LogP contribution in [-0.2, 0) is 10.0 Å². The van der Waals surface area contributed by atoms with Crippen LogP contribution >= 0.6 is 0 Å². The lowest BCUT2D eigenvalue weighted by molar-refractivity contribution is 0.540. The lowest BCUT2D eigenvalue weighted by Crippen LogP contribution is -2.39. The van der Waals surface area contributed by atoms with Gasteiger partial charge in [-0.15, -0.1) is 0 Å². The molecular weight excluding hydrogens is 346 g/mol. The van der Waals surface area contributed by atoms with Gasteiger partial charge in [0.25, 0.3) is 0 Å². The lowest BCUT2D eigenvalue weighted by atomic mass is 10.1. The van der Waals surface area contributed by atoms with E-state index < -0.39 is 14.8 Å². The maximum Gasteiger partial charge on any atom is 0.216 e. The van der Waals surface area contributed by atoms with Crippen LogP contribution < -0.4 is 14.9 Å². The third-order valence-corrected chi connectivity index (χ3v) is 6.86. The molecule has 1 heterocycles. The van der Waals surface area contributed by atoms with E-state index in [1.165, 1.54) is 16.9 Å². The fourth-order valence-corrected chi connectivity index (χ4v) is 3.65. The third kappa shape index (κ3) is 5.74. The highest BCUT2D eigenvalue weighted by molar-refractivity contribution is 7.90. The number of benzene rings is 1. The number of hydrogen-bond donors (Lipinski definition) is 2. The largest absolute Gasteiger partial charge is 0.385 e. The summed E-state index contributed by atoms with van der Waals surface area (Å²) in [4.78, 5) is 2.34. The summed E-state index contributed by atoms with van der Waals surface area (Å²) < 4.78 is 25.9. The standard InChI is InChI=1S/C20H33N3O2S/c1-17-16-18(23-14-8-9-15-23)10-11-19(17)21-12-6-5-7-13-22-26(24,25)20(2,3)4/h8-11,16,21-22H,5-7,12-15H2,1-4H3. The average molecular weight is 380 g/mol. The normalized spacial score (nSPS) is 14.8. The molecule has 1 aromatic carbocycles. The van der Waals surface area contributed by atoms with Crippen LogP contribution in [0.15, 0.2) is 30.4 Å². The van der Waals surface area contributed by atoms with Crippen molar-refractivity contribution in [2.24, 2.45) is 0 Å². The molecule has 26 heavy (non-hydrogen) atoms. The number of aryl methyl sites for hydroxylation is 1. The summed E-state index contributed by atoms with van der Waals surface area (Å²) in [5.41, 5.74) is 3.70. The summed E-state index contributed by atoms with van der Waals surface area (Å²) in [6, 6.07) is 6.56. The molecule has 2 rings (SSSR count). The maximum atomic E-state index is 12.0. The van der Waals surface area contributed by atoms with Gasteiger partial charge in [-0.3, -0.25) is 0 Å². The molecule has 1 aliphatic rings. The van der Waals surface area contributed by atoms with E-state index in [0.717, 1.165) is 38.9 Å². The second kappa shape index (κ2) is 8.91. The third-order valence-electron chi connectivity index (χ3n) is 4.66. The monoisotopic (exact) mass is 379 g/mol. The Morgan fingerprint density at radius 3 is 2.31 bits per heavy atom. The van der Waals surface area contributed by atoms with Gasteiger partial charge in [-0.1, -0.05) is 18.6 Å². The molecule has 0 atom stereocenters. The van der Waals surface area contributed by atoms with Crippen molar-refractivity contribution in [2.75, 3.05) is 36.4 Å². The second-order valence-electron chi connectivity index (χ2n) is 7.87. The van der Waals surface area contributed by atoms with Crippen LogP contribution in [0.25, 0.3) is 0 Å². The first-order valence-electron chi connectivity index (χ1n) is 9.44. The van der Waals surface area contributed by atoms with Gasteiger partial charge in [0.1, 0.15) is 0 Å². The van der Waals surface area contributed by atoms with Gasteiger partial charge < -0.3 is 10.2 Å². The van der Waals surface area contributed by atoms with Crippen molar-refractivity contribution in [1.29, 1.82) is 0 Å². The smallest absolute Gasteiger partial charge is 0.216 e. The molecular formula is C20H33N3O2S. The Labute approximate surface area is 158 Å². The molecule has 6 heteroatoms. The number of sulfonamides is 1. The summed E-state index contributed by atoms with van der Waals surface area (Å²) >= 11 is 0. The van der Waals surface area contributed by atoms with Crippen molar-refractivity contribution < 1.29 is 8.42 Å². The van der Waals surface area contributed by atoms with Crippen molar-refractivity contribution in [1.82, 2.24) is 4.72 Å². The fraction of sp³-hybridized carbons (Fsp3) is 0.600. The second-order valence-corrected chi connectivity index (χ2v) is 10.4. The Kier molecular flexibility index (Phi) is 7.12. The minimum absolute atomic E-state index is 0.511. The van der Waals surface area contributed by atoms with Crippen LogP contribution in [0.3, 0.4) is 0 Å². The van der Waals surface area contributed by atoms with Gasteiger partial charge >= 0.3 is 0 Å². The number of rotatable bonds is 9. The zero-order valence-electron chi connectivity index (χ0n) is 16.5. The molecule has 2 N–H and O–H groups in total. The fourth-order valence-electron chi connectivity index (χ4n) is 2.80. The molecule has 0 saturated carbocycles. The zero-order chi connectivity index (χ0) is 19.2. The molecule has 0 bridgehead atoms. The van der Waals surface area contributed by atoms with E-state index in [4.69, 9.17) is 0 Å². The Bertz CT molecular complexity index is 713. The predicted molar refractivity (Wildman–Crippen MR) is 112 cm³/mol. The van der Waals surface area contributed by atoms with Crippen molar-refractivity contribution in [3.63, 3.8) is 0 Å². The number of hydrogen-bond acceptors (Lipinski definition) is 4. The molecule has 0 amide bonds. The van der Waals surface area contributed by atoms with Crippen LogP contribution in [0.4, 0.5) is 11.4 Å². The minimum Gasteiger partial charge on any atom is -0.385 e. The molecule has 0 radical (unpaired) electrons. The van der Waals surface area contributed by atoms with Crippen LogP contribution in [-0.4, -0.2) is 39.3 Å². The molecule has 0 fully saturated rings. The summed E-state index contributed by atoms with van der Waals surface area (Å²) in [7, 11) is -3.22. The zero-order valence-corrected chi connectivity index (χ0v) is 17.3. The summed E-state index contributed by atoms with van der Waals surface area (Å²) in [5, 5.41) is 3.49.